The van der Waals surface area contributed by atoms with Gasteiger partial charge in [0.15, 0.2) is 5.76 Å². The van der Waals surface area contributed by atoms with Crippen molar-refractivity contribution in [3.63, 3.8) is 0 Å². The van der Waals surface area contributed by atoms with Crippen LogP contribution in [0.2, 0.25) is 0 Å². The van der Waals surface area contributed by atoms with Gasteiger partial charge >= 0.3 is 18.0 Å². The summed E-state index contributed by atoms with van der Waals surface area (Å²) in [6, 6.07) is 7.11. The third-order valence-electron chi connectivity index (χ3n) is 4.56. The summed E-state index contributed by atoms with van der Waals surface area (Å²) in [5.74, 6) is -0.668. The molecule has 0 heterocycles. The average Bonchev–Trinajstić information content (AvgIpc) is 3.17. The predicted molar refractivity (Wildman–Crippen MR) is 110 cm³/mol. The summed E-state index contributed by atoms with van der Waals surface area (Å²) < 4.78 is 25.8. The summed E-state index contributed by atoms with van der Waals surface area (Å²) in [6.45, 7) is 3.66. The Morgan fingerprint density at radius 2 is 1.52 bits per heavy atom. The molecule has 1 amide bonds. The van der Waals surface area contributed by atoms with E-state index in [0.29, 0.717) is 11.4 Å². The quantitative estimate of drug-likeness (QED) is 0.433. The van der Waals surface area contributed by atoms with E-state index in [0.717, 1.165) is 5.56 Å². The lowest BCUT2D eigenvalue weighted by molar-refractivity contribution is -0.141. The van der Waals surface area contributed by atoms with E-state index in [1.165, 1.54) is 19.1 Å². The maximum atomic E-state index is 12.6. The molecule has 0 aromatic heterocycles. The van der Waals surface area contributed by atoms with Crippen LogP contribution in [-0.2, 0) is 35.1 Å². The van der Waals surface area contributed by atoms with Crippen LogP contribution in [0.3, 0.4) is 0 Å². The molecule has 0 saturated heterocycles. The van der Waals surface area contributed by atoms with E-state index in [9.17, 15) is 14.4 Å². The van der Waals surface area contributed by atoms with E-state index < -0.39 is 18.0 Å². The summed E-state index contributed by atoms with van der Waals surface area (Å²) in [5, 5.41) is 0. The zero-order valence-corrected chi connectivity index (χ0v) is 18.4. The van der Waals surface area contributed by atoms with Crippen LogP contribution >= 0.6 is 0 Å². The Hall–Kier alpha value is -3.49. The molecule has 168 valence electrons. The van der Waals surface area contributed by atoms with Crippen LogP contribution in [0.4, 0.5) is 4.79 Å². The van der Waals surface area contributed by atoms with Crippen molar-refractivity contribution in [1.82, 2.24) is 4.90 Å². The Balaban J connectivity index is 2.50. The molecule has 0 bridgehead atoms. The molecule has 1 aliphatic carbocycles. The van der Waals surface area contributed by atoms with Crippen molar-refractivity contribution in [2.75, 3.05) is 34.5 Å². The SMILES string of the molecule is CCOC(=O)C1=C(C(=O)OCC)C(OC)=C(N(Cc2ccc(OC)cc2)C(=O)OC)C1. The van der Waals surface area contributed by atoms with Crippen molar-refractivity contribution in [2.45, 2.75) is 26.8 Å². The van der Waals surface area contributed by atoms with Gasteiger partial charge in [-0.15, -0.1) is 0 Å². The second-order valence-corrected chi connectivity index (χ2v) is 6.36. The van der Waals surface area contributed by atoms with Crippen molar-refractivity contribution in [3.8, 4) is 5.75 Å². The Bertz CT molecular complexity index is 885. The van der Waals surface area contributed by atoms with E-state index in [2.05, 4.69) is 0 Å². The maximum Gasteiger partial charge on any atom is 0.414 e. The Labute approximate surface area is 181 Å². The number of hydrogen-bond acceptors (Lipinski definition) is 8. The number of benzene rings is 1. The molecule has 2 rings (SSSR count). The van der Waals surface area contributed by atoms with Crippen LogP contribution in [0.1, 0.15) is 25.8 Å². The van der Waals surface area contributed by atoms with Crippen LogP contribution in [0.15, 0.2) is 46.9 Å². The molecule has 0 spiro atoms. The molecular formula is C22H27NO8. The molecule has 0 unspecified atom stereocenters. The lowest BCUT2D eigenvalue weighted by Crippen LogP contribution is -2.30. The summed E-state index contributed by atoms with van der Waals surface area (Å²) in [5.41, 5.74) is 1.09. The monoisotopic (exact) mass is 433 g/mol. The van der Waals surface area contributed by atoms with Crippen LogP contribution < -0.4 is 4.74 Å². The van der Waals surface area contributed by atoms with Crippen molar-refractivity contribution in [2.24, 2.45) is 0 Å². The third-order valence-corrected chi connectivity index (χ3v) is 4.56. The fourth-order valence-electron chi connectivity index (χ4n) is 3.16. The molecule has 9 nitrogen and oxygen atoms in total. The largest absolute Gasteiger partial charge is 0.497 e. The van der Waals surface area contributed by atoms with E-state index in [4.69, 9.17) is 23.7 Å². The van der Waals surface area contributed by atoms with E-state index >= 15 is 0 Å². The second kappa shape index (κ2) is 11.1. The van der Waals surface area contributed by atoms with E-state index in [1.54, 1.807) is 45.2 Å². The number of carbonyl (C=O) groups is 3. The Morgan fingerprint density at radius 3 is 2.03 bits per heavy atom. The zero-order valence-electron chi connectivity index (χ0n) is 18.4. The highest BCUT2D eigenvalue weighted by atomic mass is 16.5. The highest BCUT2D eigenvalue weighted by Crippen LogP contribution is 2.37. The lowest BCUT2D eigenvalue weighted by Gasteiger charge is -2.24. The van der Waals surface area contributed by atoms with E-state index in [1.807, 2.05) is 0 Å². The highest BCUT2D eigenvalue weighted by molar-refractivity contribution is 6.05. The van der Waals surface area contributed by atoms with Gasteiger partial charge in [-0.1, -0.05) is 12.1 Å². The van der Waals surface area contributed by atoms with E-state index in [-0.39, 0.29) is 43.1 Å². The molecule has 1 aromatic rings. The van der Waals surface area contributed by atoms with Gasteiger partial charge in [-0.25, -0.2) is 14.4 Å². The molecule has 0 atom stereocenters. The second-order valence-electron chi connectivity index (χ2n) is 6.36. The Morgan fingerprint density at radius 1 is 0.903 bits per heavy atom. The number of methoxy groups -OCH3 is 3. The van der Waals surface area contributed by atoms with Gasteiger partial charge in [0.2, 0.25) is 0 Å². The summed E-state index contributed by atoms with van der Waals surface area (Å²) in [7, 11) is 4.16. The van der Waals surface area contributed by atoms with Crippen molar-refractivity contribution < 1.29 is 38.1 Å². The van der Waals surface area contributed by atoms with Gasteiger partial charge in [0.25, 0.3) is 0 Å². The van der Waals surface area contributed by atoms with Gasteiger partial charge in [-0.05, 0) is 31.5 Å². The first kappa shape index (κ1) is 23.8. The number of ether oxygens (including phenoxy) is 5. The number of carbonyl (C=O) groups excluding carboxylic acids is 3. The predicted octanol–water partition coefficient (Wildman–Crippen LogP) is 2.95. The van der Waals surface area contributed by atoms with Crippen molar-refractivity contribution in [3.05, 3.63) is 52.4 Å². The summed E-state index contributed by atoms with van der Waals surface area (Å²) in [6.07, 6.45) is -0.727. The fraction of sp³-hybridized carbons (Fsp3) is 0.409. The number of amides is 1. The minimum absolute atomic E-state index is 0.0542. The molecule has 0 aliphatic heterocycles. The molecule has 0 fully saturated rings. The number of esters is 2. The third kappa shape index (κ3) is 5.36. The van der Waals surface area contributed by atoms with Gasteiger partial charge in [0, 0.05) is 6.42 Å². The standard InChI is InChI=1S/C22H27NO8/c1-6-30-20(24)16-12-17(19(28-4)18(16)21(25)31-7-2)23(22(26)29-5)13-14-8-10-15(27-3)11-9-14/h8-11H,6-7,12-13H2,1-5H3. The van der Waals surface area contributed by atoms with Crippen LogP contribution in [0, 0.1) is 0 Å². The van der Waals surface area contributed by atoms with Gasteiger partial charge in [-0.2, -0.15) is 0 Å². The molecule has 0 saturated carbocycles. The van der Waals surface area contributed by atoms with Crippen LogP contribution in [-0.4, -0.2) is 57.5 Å². The Kier molecular flexibility index (Phi) is 8.48. The highest BCUT2D eigenvalue weighted by Gasteiger charge is 2.39. The smallest absolute Gasteiger partial charge is 0.414 e. The molecule has 9 heteroatoms. The van der Waals surface area contributed by atoms with Gasteiger partial charge < -0.3 is 23.7 Å². The van der Waals surface area contributed by atoms with Crippen molar-refractivity contribution in [1.29, 1.82) is 0 Å². The number of nitrogens with zero attached hydrogens (tertiary/aromatic N) is 1. The maximum absolute atomic E-state index is 12.6. The zero-order chi connectivity index (χ0) is 23.0. The minimum Gasteiger partial charge on any atom is -0.497 e. The van der Waals surface area contributed by atoms with Crippen LogP contribution in [0.25, 0.3) is 0 Å². The first-order valence-electron chi connectivity index (χ1n) is 9.74. The van der Waals surface area contributed by atoms with Gasteiger partial charge in [0.1, 0.15) is 11.3 Å². The molecule has 31 heavy (non-hydrogen) atoms. The molecule has 1 aliphatic rings. The fourth-order valence-corrected chi connectivity index (χ4v) is 3.16. The normalized spacial score (nSPS) is 13.1. The number of hydrogen-bond donors (Lipinski definition) is 0. The first-order chi connectivity index (χ1) is 14.9. The van der Waals surface area contributed by atoms with Crippen LogP contribution in [0.5, 0.6) is 5.75 Å². The topological polar surface area (TPSA) is 101 Å². The van der Waals surface area contributed by atoms with Crippen molar-refractivity contribution >= 4 is 18.0 Å². The number of allylic oxidation sites excluding steroid dienone is 1. The lowest BCUT2D eigenvalue weighted by atomic mass is 10.1. The summed E-state index contributed by atoms with van der Waals surface area (Å²) in [4.78, 5) is 39.1. The van der Waals surface area contributed by atoms with Gasteiger partial charge in [-0.3, -0.25) is 4.90 Å². The average molecular weight is 433 g/mol. The number of rotatable bonds is 9. The molecule has 1 aromatic carbocycles. The molecule has 0 radical (unpaired) electrons. The minimum atomic E-state index is -0.730. The van der Waals surface area contributed by atoms with Gasteiger partial charge in [0.05, 0.1) is 52.4 Å². The molecular weight excluding hydrogens is 406 g/mol. The summed E-state index contributed by atoms with van der Waals surface area (Å²) >= 11 is 0. The first-order valence-corrected chi connectivity index (χ1v) is 9.74. The molecule has 0 N–H and O–H groups in total.